The van der Waals surface area contributed by atoms with Crippen molar-refractivity contribution >= 4 is 33.4 Å². The molecule has 3 aromatic carbocycles. The van der Waals surface area contributed by atoms with E-state index in [1.165, 1.54) is 19.2 Å². The van der Waals surface area contributed by atoms with Gasteiger partial charge in [0.1, 0.15) is 10.6 Å². The molecule has 3 aromatic rings. The van der Waals surface area contributed by atoms with Crippen LogP contribution in [0.4, 0.5) is 5.69 Å². The van der Waals surface area contributed by atoms with E-state index in [-0.39, 0.29) is 28.2 Å². The molecule has 4 rings (SSSR count). The van der Waals surface area contributed by atoms with Gasteiger partial charge in [-0.25, -0.2) is 8.42 Å². The molecule has 32 heavy (non-hydrogen) atoms. The predicted molar refractivity (Wildman–Crippen MR) is 127 cm³/mol. The van der Waals surface area contributed by atoms with Gasteiger partial charge in [0.15, 0.2) is 0 Å². The number of aryl methyl sites for hydroxylation is 1. The minimum Gasteiger partial charge on any atom is -0.495 e. The van der Waals surface area contributed by atoms with Crippen molar-refractivity contribution in [2.24, 2.45) is 0 Å². The number of methoxy groups -OCH3 is 1. The summed E-state index contributed by atoms with van der Waals surface area (Å²) in [6, 6.07) is 19.3. The summed E-state index contributed by atoms with van der Waals surface area (Å²) in [6.07, 6.45) is 0.809. The van der Waals surface area contributed by atoms with Crippen LogP contribution in [0.1, 0.15) is 33.9 Å². The fraction of sp³-hybridized carbons (Fsp3) is 0.208. The molecule has 0 saturated carbocycles. The zero-order valence-electron chi connectivity index (χ0n) is 17.8. The Bertz CT molecular complexity index is 1240. The average Bonchev–Trinajstić information content (AvgIpc) is 2.80. The molecule has 0 saturated heterocycles. The second-order valence-corrected chi connectivity index (χ2v) is 10.3. The highest BCUT2D eigenvalue weighted by Crippen LogP contribution is 2.36. The first-order chi connectivity index (χ1) is 15.4. The highest BCUT2D eigenvalue weighted by Gasteiger charge is 2.25. The van der Waals surface area contributed by atoms with E-state index in [1.54, 1.807) is 30.0 Å². The first-order valence-electron chi connectivity index (χ1n) is 10.2. The molecule has 0 fully saturated rings. The molecule has 8 heteroatoms. The van der Waals surface area contributed by atoms with Crippen molar-refractivity contribution in [1.82, 2.24) is 5.32 Å². The third-order valence-corrected chi connectivity index (χ3v) is 7.81. The summed E-state index contributed by atoms with van der Waals surface area (Å²) in [5, 5.41) is 3.06. The largest absolute Gasteiger partial charge is 0.495 e. The summed E-state index contributed by atoms with van der Waals surface area (Å²) in [5.74, 6) is 0.747. The number of rotatable bonds is 6. The number of ether oxygens (including phenoxy) is 1. The monoisotopic (exact) mass is 468 g/mol. The molecule has 0 aliphatic carbocycles. The normalized spacial score (nSPS) is 15.5. The van der Waals surface area contributed by atoms with Gasteiger partial charge in [-0.05, 0) is 55.3 Å². The second kappa shape index (κ2) is 9.26. The van der Waals surface area contributed by atoms with Gasteiger partial charge in [-0.1, -0.05) is 35.9 Å². The second-order valence-electron chi connectivity index (χ2n) is 7.54. The van der Waals surface area contributed by atoms with Gasteiger partial charge in [-0.3, -0.25) is 9.52 Å². The summed E-state index contributed by atoms with van der Waals surface area (Å²) in [4.78, 5) is 14.1. The Balaban J connectivity index is 1.60. The topological polar surface area (TPSA) is 84.5 Å². The first-order valence-corrected chi connectivity index (χ1v) is 12.6. The molecule has 2 N–H and O–H groups in total. The van der Waals surface area contributed by atoms with Gasteiger partial charge in [0, 0.05) is 21.9 Å². The van der Waals surface area contributed by atoms with Gasteiger partial charge in [0.25, 0.3) is 15.9 Å². The Morgan fingerprint density at radius 3 is 2.56 bits per heavy atom. The summed E-state index contributed by atoms with van der Waals surface area (Å²) < 4.78 is 34.0. The maximum absolute atomic E-state index is 13.1. The number of carbonyl (C=O) groups excluding carboxylic acids is 1. The minimum atomic E-state index is -3.97. The van der Waals surface area contributed by atoms with E-state index in [0.29, 0.717) is 5.69 Å². The van der Waals surface area contributed by atoms with Crippen molar-refractivity contribution < 1.29 is 17.9 Å². The fourth-order valence-corrected chi connectivity index (χ4v) is 5.97. The molecule has 1 heterocycles. The van der Waals surface area contributed by atoms with Crippen LogP contribution in [0.3, 0.4) is 0 Å². The van der Waals surface area contributed by atoms with Crippen molar-refractivity contribution in [1.29, 1.82) is 0 Å². The fourth-order valence-electron chi connectivity index (χ4n) is 3.59. The molecule has 6 nitrogen and oxygen atoms in total. The highest BCUT2D eigenvalue weighted by atomic mass is 32.2. The van der Waals surface area contributed by atoms with Gasteiger partial charge in [-0.15, -0.1) is 11.8 Å². The molecule has 0 bridgehead atoms. The highest BCUT2D eigenvalue weighted by molar-refractivity contribution is 7.99. The number of sulfonamides is 1. The first kappa shape index (κ1) is 22.2. The molecule has 1 amide bonds. The lowest BCUT2D eigenvalue weighted by Crippen LogP contribution is -2.30. The molecule has 1 aliphatic rings. The van der Waals surface area contributed by atoms with Gasteiger partial charge in [0.2, 0.25) is 0 Å². The van der Waals surface area contributed by atoms with E-state index in [0.717, 1.165) is 28.2 Å². The number of amides is 1. The Kier molecular flexibility index (Phi) is 6.43. The number of benzene rings is 3. The Labute approximate surface area is 192 Å². The van der Waals surface area contributed by atoms with Crippen molar-refractivity contribution in [3.8, 4) is 5.75 Å². The molecule has 166 valence electrons. The van der Waals surface area contributed by atoms with Gasteiger partial charge in [0.05, 0.1) is 13.2 Å². The third kappa shape index (κ3) is 4.76. The van der Waals surface area contributed by atoms with E-state index in [1.807, 2.05) is 43.3 Å². The number of thioether (sulfide) groups is 1. The summed E-state index contributed by atoms with van der Waals surface area (Å²) >= 11 is 1.77. The maximum atomic E-state index is 13.1. The van der Waals surface area contributed by atoms with Crippen LogP contribution < -0.4 is 14.8 Å². The van der Waals surface area contributed by atoms with E-state index in [4.69, 9.17) is 4.74 Å². The molecule has 0 radical (unpaired) electrons. The number of hydrogen-bond acceptors (Lipinski definition) is 5. The third-order valence-electron chi connectivity index (χ3n) is 5.28. The molecule has 1 atom stereocenters. The number of hydrogen-bond donors (Lipinski definition) is 2. The summed E-state index contributed by atoms with van der Waals surface area (Å²) in [5.41, 5.74) is 2.79. The van der Waals surface area contributed by atoms with Crippen molar-refractivity contribution in [2.75, 3.05) is 17.6 Å². The van der Waals surface area contributed by atoms with Crippen LogP contribution in [0.25, 0.3) is 0 Å². The Morgan fingerprint density at radius 1 is 1.06 bits per heavy atom. The van der Waals surface area contributed by atoms with Crippen LogP contribution in [0.15, 0.2) is 76.5 Å². The lowest BCUT2D eigenvalue weighted by atomic mass is 10.0. The minimum absolute atomic E-state index is 0.0900. The SMILES string of the molecule is COc1ccc(C(=O)NC2CCSc3ccccc32)cc1S(=O)(=O)Nc1ccc(C)cc1. The van der Waals surface area contributed by atoms with Crippen LogP contribution in [-0.4, -0.2) is 27.2 Å². The molecular weight excluding hydrogens is 444 g/mol. The molecule has 1 unspecified atom stereocenters. The number of carbonyl (C=O) groups is 1. The van der Waals surface area contributed by atoms with Crippen LogP contribution in [0, 0.1) is 6.92 Å². The summed E-state index contributed by atoms with van der Waals surface area (Å²) in [7, 11) is -2.57. The lowest BCUT2D eigenvalue weighted by Gasteiger charge is -2.26. The van der Waals surface area contributed by atoms with E-state index < -0.39 is 10.0 Å². The number of nitrogens with one attached hydrogen (secondary N) is 2. The van der Waals surface area contributed by atoms with Crippen LogP contribution >= 0.6 is 11.8 Å². The standard InChI is InChI=1S/C24H24N2O4S2/c1-16-7-10-18(11-8-16)26-32(28,29)23-15-17(9-12-21(23)30-2)24(27)25-20-13-14-31-22-6-4-3-5-19(20)22/h3-12,15,20,26H,13-14H2,1-2H3,(H,25,27). The number of fused-ring (bicyclic) bond motifs is 1. The van der Waals surface area contributed by atoms with Crippen LogP contribution in [-0.2, 0) is 10.0 Å². The van der Waals surface area contributed by atoms with Crippen molar-refractivity contribution in [3.05, 3.63) is 83.4 Å². The van der Waals surface area contributed by atoms with Crippen LogP contribution in [0.2, 0.25) is 0 Å². The van der Waals surface area contributed by atoms with Gasteiger partial charge in [-0.2, -0.15) is 0 Å². The Morgan fingerprint density at radius 2 is 1.81 bits per heavy atom. The Hall–Kier alpha value is -2.97. The predicted octanol–water partition coefficient (Wildman–Crippen LogP) is 4.77. The van der Waals surface area contributed by atoms with Crippen LogP contribution in [0.5, 0.6) is 5.75 Å². The average molecular weight is 469 g/mol. The molecule has 0 aromatic heterocycles. The maximum Gasteiger partial charge on any atom is 0.265 e. The molecule has 1 aliphatic heterocycles. The smallest absolute Gasteiger partial charge is 0.265 e. The van der Waals surface area contributed by atoms with Gasteiger partial charge < -0.3 is 10.1 Å². The molecule has 0 spiro atoms. The van der Waals surface area contributed by atoms with E-state index >= 15 is 0 Å². The lowest BCUT2D eigenvalue weighted by molar-refractivity contribution is 0.0934. The van der Waals surface area contributed by atoms with E-state index in [2.05, 4.69) is 10.0 Å². The van der Waals surface area contributed by atoms with E-state index in [9.17, 15) is 13.2 Å². The number of anilines is 1. The van der Waals surface area contributed by atoms with Crippen molar-refractivity contribution in [2.45, 2.75) is 29.2 Å². The zero-order valence-corrected chi connectivity index (χ0v) is 19.4. The zero-order chi connectivity index (χ0) is 22.7. The van der Waals surface area contributed by atoms with Gasteiger partial charge >= 0.3 is 0 Å². The quantitative estimate of drug-likeness (QED) is 0.544. The molecular formula is C24H24N2O4S2. The van der Waals surface area contributed by atoms with Crippen molar-refractivity contribution in [3.63, 3.8) is 0 Å². The summed E-state index contributed by atoms with van der Waals surface area (Å²) in [6.45, 7) is 1.92.